The van der Waals surface area contributed by atoms with Crippen LogP contribution in [0.3, 0.4) is 0 Å². The van der Waals surface area contributed by atoms with Gasteiger partial charge in [0.05, 0.1) is 4.83 Å². The highest BCUT2D eigenvalue weighted by Crippen LogP contribution is 2.25. The summed E-state index contributed by atoms with van der Waals surface area (Å²) in [7, 11) is 0. The van der Waals surface area contributed by atoms with Gasteiger partial charge in [-0.25, -0.2) is 0 Å². The summed E-state index contributed by atoms with van der Waals surface area (Å²) in [5, 5.41) is 17.7. The van der Waals surface area contributed by atoms with Crippen molar-refractivity contribution in [2.75, 3.05) is 0 Å². The van der Waals surface area contributed by atoms with Crippen molar-refractivity contribution in [3.8, 4) is 0 Å². The Bertz CT molecular complexity index is 79.5. The lowest BCUT2D eigenvalue weighted by atomic mass is 10.2. The molecule has 1 atom stereocenters. The van der Waals surface area contributed by atoms with Crippen LogP contribution < -0.4 is 0 Å². The molecule has 0 aromatic heterocycles. The van der Waals surface area contributed by atoms with Gasteiger partial charge in [0.1, 0.15) is 0 Å². The molecule has 0 aliphatic carbocycles. The van der Waals surface area contributed by atoms with Gasteiger partial charge in [-0.1, -0.05) is 29.3 Å². The molecule has 0 heterocycles. The first kappa shape index (κ1) is 9.88. The molecule has 9 heavy (non-hydrogen) atoms. The van der Waals surface area contributed by atoms with Crippen molar-refractivity contribution < 1.29 is 10.2 Å². The summed E-state index contributed by atoms with van der Waals surface area (Å²) < 4.78 is -1.76. The average Bonchev–Trinajstić information content (AvgIpc) is 1.64. The Hall–Kier alpha value is 0.880. The standard InChI is InChI=1S/C5H10Br2O2/c1-2-3-4(6)5(7,8)9/h4,8-9H,2-3H2,1H3. The molecule has 0 radical (unpaired) electrons. The van der Waals surface area contributed by atoms with Gasteiger partial charge in [-0.15, -0.1) is 0 Å². The molecule has 0 aromatic rings. The first-order valence-electron chi connectivity index (χ1n) is 2.76. The summed E-state index contributed by atoms with van der Waals surface area (Å²) >= 11 is 5.82. The van der Waals surface area contributed by atoms with Crippen molar-refractivity contribution in [3.05, 3.63) is 0 Å². The lowest BCUT2D eigenvalue weighted by Crippen LogP contribution is -2.30. The first-order chi connectivity index (χ1) is 3.98. The van der Waals surface area contributed by atoms with Crippen LogP contribution >= 0.6 is 31.9 Å². The molecule has 2 N–H and O–H groups in total. The molecule has 4 heteroatoms. The van der Waals surface area contributed by atoms with Crippen molar-refractivity contribution in [2.24, 2.45) is 0 Å². The van der Waals surface area contributed by atoms with Crippen LogP contribution in [0.2, 0.25) is 0 Å². The van der Waals surface area contributed by atoms with Crippen LogP contribution in [-0.4, -0.2) is 19.7 Å². The molecule has 0 saturated heterocycles. The van der Waals surface area contributed by atoms with Crippen molar-refractivity contribution >= 4 is 31.9 Å². The predicted molar refractivity (Wildman–Crippen MR) is 43.7 cm³/mol. The first-order valence-corrected chi connectivity index (χ1v) is 4.47. The van der Waals surface area contributed by atoms with E-state index in [-0.39, 0.29) is 4.83 Å². The van der Waals surface area contributed by atoms with Gasteiger partial charge in [0.2, 0.25) is 4.70 Å². The van der Waals surface area contributed by atoms with Crippen LogP contribution in [-0.2, 0) is 0 Å². The lowest BCUT2D eigenvalue weighted by molar-refractivity contribution is -0.0685. The van der Waals surface area contributed by atoms with Crippen molar-refractivity contribution in [1.29, 1.82) is 0 Å². The topological polar surface area (TPSA) is 40.5 Å². The maximum atomic E-state index is 8.84. The predicted octanol–water partition coefficient (Wildman–Crippen LogP) is 1.58. The van der Waals surface area contributed by atoms with Gasteiger partial charge >= 0.3 is 0 Å². The monoisotopic (exact) mass is 260 g/mol. The summed E-state index contributed by atoms with van der Waals surface area (Å²) in [5.41, 5.74) is 0. The molecule has 0 aliphatic rings. The van der Waals surface area contributed by atoms with Crippen LogP contribution in [0.25, 0.3) is 0 Å². The number of aliphatic hydroxyl groups is 2. The highest BCUT2D eigenvalue weighted by Gasteiger charge is 2.27. The van der Waals surface area contributed by atoms with Gasteiger partial charge in [-0.2, -0.15) is 0 Å². The summed E-state index contributed by atoms with van der Waals surface area (Å²) in [6, 6.07) is 0. The number of hydrogen-bond acceptors (Lipinski definition) is 2. The zero-order valence-corrected chi connectivity index (χ0v) is 8.31. The fourth-order valence-corrected chi connectivity index (χ4v) is 1.12. The van der Waals surface area contributed by atoms with E-state index in [4.69, 9.17) is 10.2 Å². The third-order valence-corrected chi connectivity index (χ3v) is 3.20. The van der Waals surface area contributed by atoms with Crippen molar-refractivity contribution in [1.82, 2.24) is 0 Å². The van der Waals surface area contributed by atoms with Crippen LogP contribution in [0.4, 0.5) is 0 Å². The number of halogens is 2. The molecule has 1 unspecified atom stereocenters. The number of alkyl halides is 2. The van der Waals surface area contributed by atoms with Crippen LogP contribution in [0.15, 0.2) is 0 Å². The Labute approximate surface area is 71.5 Å². The van der Waals surface area contributed by atoms with Gasteiger partial charge in [0.25, 0.3) is 0 Å². The van der Waals surface area contributed by atoms with Gasteiger partial charge in [0.15, 0.2) is 0 Å². The van der Waals surface area contributed by atoms with Gasteiger partial charge in [-0.05, 0) is 22.4 Å². The molecule has 0 amide bonds. The molecule has 0 bridgehead atoms. The fraction of sp³-hybridized carbons (Fsp3) is 1.00. The smallest absolute Gasteiger partial charge is 0.234 e. The lowest BCUT2D eigenvalue weighted by Gasteiger charge is -2.19. The Morgan fingerprint density at radius 3 is 2.11 bits per heavy atom. The minimum Gasteiger partial charge on any atom is -0.356 e. The zero-order valence-electron chi connectivity index (χ0n) is 5.14. The van der Waals surface area contributed by atoms with E-state index in [0.29, 0.717) is 0 Å². The van der Waals surface area contributed by atoms with Gasteiger partial charge < -0.3 is 10.2 Å². The summed E-state index contributed by atoms with van der Waals surface area (Å²) in [6.45, 7) is 1.98. The second-order valence-corrected chi connectivity index (χ2v) is 4.16. The van der Waals surface area contributed by atoms with Crippen LogP contribution in [0, 0.1) is 0 Å². The molecule has 0 rings (SSSR count). The third kappa shape index (κ3) is 4.31. The number of rotatable bonds is 3. The molecule has 56 valence electrons. The molecular weight excluding hydrogens is 252 g/mol. The maximum Gasteiger partial charge on any atom is 0.234 e. The molecule has 0 spiro atoms. The Morgan fingerprint density at radius 2 is 2.00 bits per heavy atom. The van der Waals surface area contributed by atoms with Crippen LogP contribution in [0.1, 0.15) is 19.8 Å². The quantitative estimate of drug-likeness (QED) is 0.598. The summed E-state index contributed by atoms with van der Waals surface area (Å²) in [4.78, 5) is -0.296. The summed E-state index contributed by atoms with van der Waals surface area (Å²) in [5.74, 6) is 0. The Kier molecular flexibility index (Phi) is 4.29. The van der Waals surface area contributed by atoms with Crippen molar-refractivity contribution in [2.45, 2.75) is 29.3 Å². The largest absolute Gasteiger partial charge is 0.356 e. The van der Waals surface area contributed by atoms with Crippen molar-refractivity contribution in [3.63, 3.8) is 0 Å². The van der Waals surface area contributed by atoms with E-state index >= 15 is 0 Å². The fourth-order valence-electron chi connectivity index (χ4n) is 0.437. The highest BCUT2D eigenvalue weighted by molar-refractivity contribution is 9.12. The SMILES string of the molecule is CCCC(Br)C(O)(O)Br. The van der Waals surface area contributed by atoms with Gasteiger partial charge in [-0.3, -0.25) is 0 Å². The Morgan fingerprint density at radius 1 is 1.56 bits per heavy atom. The van der Waals surface area contributed by atoms with E-state index < -0.39 is 4.70 Å². The maximum absolute atomic E-state index is 8.84. The van der Waals surface area contributed by atoms with E-state index in [0.717, 1.165) is 12.8 Å². The molecule has 0 fully saturated rings. The molecule has 0 aromatic carbocycles. The molecule has 2 nitrogen and oxygen atoms in total. The highest BCUT2D eigenvalue weighted by atomic mass is 79.9. The summed E-state index contributed by atoms with van der Waals surface area (Å²) in [6.07, 6.45) is 1.66. The average molecular weight is 262 g/mol. The van der Waals surface area contributed by atoms with E-state index in [1.807, 2.05) is 6.92 Å². The second kappa shape index (κ2) is 3.91. The Balaban J connectivity index is 3.59. The number of hydrogen-bond donors (Lipinski definition) is 2. The third-order valence-electron chi connectivity index (χ3n) is 0.941. The normalized spacial score (nSPS) is 15.7. The van der Waals surface area contributed by atoms with E-state index in [1.165, 1.54) is 0 Å². The van der Waals surface area contributed by atoms with E-state index in [9.17, 15) is 0 Å². The molecular formula is C5H10Br2O2. The van der Waals surface area contributed by atoms with E-state index in [1.54, 1.807) is 0 Å². The van der Waals surface area contributed by atoms with E-state index in [2.05, 4.69) is 31.9 Å². The second-order valence-electron chi connectivity index (χ2n) is 1.89. The minimum absolute atomic E-state index is 0.296. The van der Waals surface area contributed by atoms with Gasteiger partial charge in [0, 0.05) is 0 Å². The van der Waals surface area contributed by atoms with Crippen LogP contribution in [0.5, 0.6) is 0 Å². The molecule has 0 aliphatic heterocycles. The zero-order chi connectivity index (χ0) is 7.49. The molecule has 0 saturated carbocycles. The minimum atomic E-state index is -1.76.